The molecule has 0 radical (unpaired) electrons. The smallest absolute Gasteiger partial charge is 0.302 e. The van der Waals surface area contributed by atoms with Crippen LogP contribution in [0.15, 0.2) is 11.6 Å². The maximum atomic E-state index is 11.4. The van der Waals surface area contributed by atoms with E-state index in [1.165, 1.54) is 12.5 Å². The maximum absolute atomic E-state index is 11.4. The summed E-state index contributed by atoms with van der Waals surface area (Å²) in [6.07, 6.45) is 5.16. The molecule has 2 bridgehead atoms. The molecule has 4 rings (SSSR count). The van der Waals surface area contributed by atoms with Crippen molar-refractivity contribution in [3.05, 3.63) is 11.6 Å². The number of fused-ring (bicyclic) bond motifs is 2. The van der Waals surface area contributed by atoms with Gasteiger partial charge in [-0.2, -0.15) is 0 Å². The summed E-state index contributed by atoms with van der Waals surface area (Å²) >= 11 is 0. The second-order valence-corrected chi connectivity index (χ2v) is 7.77. The van der Waals surface area contributed by atoms with Gasteiger partial charge in [0.2, 0.25) is 0 Å². The average molecular weight is 292 g/mol. The van der Waals surface area contributed by atoms with E-state index >= 15 is 0 Å². The average Bonchev–Trinajstić information content (AvgIpc) is 3.15. The van der Waals surface area contributed by atoms with Gasteiger partial charge in [-0.25, -0.2) is 0 Å². The molecule has 3 fully saturated rings. The Kier molecular flexibility index (Phi) is 2.56. The molecule has 0 N–H and O–H groups in total. The van der Waals surface area contributed by atoms with Crippen LogP contribution in [-0.2, 0) is 19.0 Å². The first kappa shape index (κ1) is 13.8. The van der Waals surface area contributed by atoms with Gasteiger partial charge in [-0.15, -0.1) is 0 Å². The number of ether oxygens (including phenoxy) is 3. The van der Waals surface area contributed by atoms with E-state index in [4.69, 9.17) is 14.2 Å². The third-order valence-corrected chi connectivity index (χ3v) is 6.77. The van der Waals surface area contributed by atoms with Crippen LogP contribution in [-0.4, -0.2) is 36.5 Å². The minimum absolute atomic E-state index is 0.00486. The maximum Gasteiger partial charge on any atom is 0.302 e. The Balaban J connectivity index is 1.78. The predicted octanol–water partition coefficient (Wildman–Crippen LogP) is 2.61. The van der Waals surface area contributed by atoms with Gasteiger partial charge < -0.3 is 14.2 Å². The van der Waals surface area contributed by atoms with Crippen LogP contribution >= 0.6 is 0 Å². The molecule has 4 nitrogen and oxygen atoms in total. The fraction of sp³-hybridized carbons (Fsp3) is 0.824. The lowest BCUT2D eigenvalue weighted by Gasteiger charge is -2.56. The number of hydrogen-bond acceptors (Lipinski definition) is 4. The van der Waals surface area contributed by atoms with Gasteiger partial charge in [-0.3, -0.25) is 4.79 Å². The molecular formula is C17H24O4. The molecule has 0 aromatic heterocycles. The highest BCUT2D eigenvalue weighted by molar-refractivity contribution is 5.66. The molecule has 4 heteroatoms. The van der Waals surface area contributed by atoms with E-state index in [0.29, 0.717) is 0 Å². The van der Waals surface area contributed by atoms with Crippen molar-refractivity contribution in [2.45, 2.75) is 70.9 Å². The second kappa shape index (κ2) is 3.90. The molecule has 6 atom stereocenters. The fourth-order valence-electron chi connectivity index (χ4n) is 5.15. The van der Waals surface area contributed by atoms with Crippen LogP contribution in [0.2, 0.25) is 0 Å². The Labute approximate surface area is 125 Å². The number of esters is 1. The molecule has 0 aromatic carbocycles. The minimum atomic E-state index is -0.239. The minimum Gasteiger partial charge on any atom is -0.460 e. The van der Waals surface area contributed by atoms with Crippen molar-refractivity contribution in [2.75, 3.05) is 6.61 Å². The zero-order valence-electron chi connectivity index (χ0n) is 13.3. The van der Waals surface area contributed by atoms with Gasteiger partial charge >= 0.3 is 5.97 Å². The zero-order valence-corrected chi connectivity index (χ0v) is 13.3. The number of carbonyl (C=O) groups is 1. The van der Waals surface area contributed by atoms with Crippen LogP contribution < -0.4 is 0 Å². The van der Waals surface area contributed by atoms with Crippen LogP contribution in [0.25, 0.3) is 0 Å². The van der Waals surface area contributed by atoms with Crippen LogP contribution in [0.3, 0.4) is 0 Å². The summed E-state index contributed by atoms with van der Waals surface area (Å²) in [5.74, 6) is -0.226. The lowest BCUT2D eigenvalue weighted by atomic mass is 9.53. The van der Waals surface area contributed by atoms with E-state index in [-0.39, 0.29) is 40.7 Å². The molecule has 2 aliphatic heterocycles. The Morgan fingerprint density at radius 3 is 2.76 bits per heavy atom. The third-order valence-electron chi connectivity index (χ3n) is 6.77. The molecular weight excluding hydrogens is 268 g/mol. The molecule has 2 aliphatic carbocycles. The van der Waals surface area contributed by atoms with Crippen molar-refractivity contribution >= 4 is 5.97 Å². The molecule has 3 unspecified atom stereocenters. The van der Waals surface area contributed by atoms with Crippen LogP contribution in [0, 0.1) is 10.8 Å². The summed E-state index contributed by atoms with van der Waals surface area (Å²) < 4.78 is 18.0. The molecule has 0 amide bonds. The normalized spacial score (nSPS) is 54.1. The van der Waals surface area contributed by atoms with E-state index in [1.54, 1.807) is 0 Å². The van der Waals surface area contributed by atoms with E-state index in [9.17, 15) is 4.79 Å². The van der Waals surface area contributed by atoms with Gasteiger partial charge in [0.25, 0.3) is 0 Å². The van der Waals surface area contributed by atoms with E-state index in [2.05, 4.69) is 26.8 Å². The van der Waals surface area contributed by atoms with Crippen molar-refractivity contribution in [1.82, 2.24) is 0 Å². The SMILES string of the molecule is CC(=O)O[C@@H]1C[C@@]2(C)C3(CO3)C1OC1C=C(C)CC[C@@]12C. The highest BCUT2D eigenvalue weighted by Gasteiger charge is 2.80. The summed E-state index contributed by atoms with van der Waals surface area (Å²) in [6.45, 7) is 9.03. The zero-order chi connectivity index (χ0) is 15.0. The van der Waals surface area contributed by atoms with Gasteiger partial charge in [0.15, 0.2) is 0 Å². The molecule has 4 aliphatic rings. The van der Waals surface area contributed by atoms with Crippen LogP contribution in [0.5, 0.6) is 0 Å². The third kappa shape index (κ3) is 1.50. The molecule has 1 spiro atoms. The number of hydrogen-bond donors (Lipinski definition) is 0. The quantitative estimate of drug-likeness (QED) is 0.423. The summed E-state index contributed by atoms with van der Waals surface area (Å²) in [7, 11) is 0. The molecule has 116 valence electrons. The molecule has 2 heterocycles. The Morgan fingerprint density at radius 2 is 2.14 bits per heavy atom. The standard InChI is InChI=1S/C17H24O4/c1-10-5-6-15(3)13(7-10)21-14-12(20-11(2)18)8-16(15,4)17(14)9-19-17/h7,12-14H,5-6,8-9H2,1-4H3/t12-,13?,14?,15+,16-,17?/m1/s1. The summed E-state index contributed by atoms with van der Waals surface area (Å²) in [5.41, 5.74) is 1.22. The fourth-order valence-corrected chi connectivity index (χ4v) is 5.15. The largest absolute Gasteiger partial charge is 0.460 e. The molecule has 21 heavy (non-hydrogen) atoms. The summed E-state index contributed by atoms with van der Waals surface area (Å²) in [5, 5.41) is 0. The number of epoxide rings is 1. The molecule has 1 saturated carbocycles. The van der Waals surface area contributed by atoms with E-state index in [0.717, 1.165) is 25.9 Å². The van der Waals surface area contributed by atoms with Gasteiger partial charge in [0.1, 0.15) is 17.8 Å². The van der Waals surface area contributed by atoms with Crippen LogP contribution in [0.1, 0.15) is 47.0 Å². The van der Waals surface area contributed by atoms with Gasteiger partial charge in [0, 0.05) is 17.8 Å². The second-order valence-electron chi connectivity index (χ2n) is 7.77. The van der Waals surface area contributed by atoms with Crippen molar-refractivity contribution < 1.29 is 19.0 Å². The van der Waals surface area contributed by atoms with Crippen molar-refractivity contribution in [2.24, 2.45) is 10.8 Å². The molecule has 0 aromatic rings. The van der Waals surface area contributed by atoms with Crippen molar-refractivity contribution in [3.63, 3.8) is 0 Å². The van der Waals surface area contributed by atoms with Gasteiger partial charge in [-0.05, 0) is 26.2 Å². The topological polar surface area (TPSA) is 48.1 Å². The predicted molar refractivity (Wildman–Crippen MR) is 76.7 cm³/mol. The first-order valence-electron chi connectivity index (χ1n) is 7.96. The monoisotopic (exact) mass is 292 g/mol. The Morgan fingerprint density at radius 1 is 1.43 bits per heavy atom. The summed E-state index contributed by atoms with van der Waals surface area (Å²) in [6, 6.07) is 0. The van der Waals surface area contributed by atoms with Gasteiger partial charge in [0.05, 0.1) is 12.7 Å². The highest BCUT2D eigenvalue weighted by atomic mass is 16.7. The first-order valence-corrected chi connectivity index (χ1v) is 7.96. The van der Waals surface area contributed by atoms with Crippen LogP contribution in [0.4, 0.5) is 0 Å². The Hall–Kier alpha value is -0.870. The van der Waals surface area contributed by atoms with Crippen molar-refractivity contribution in [3.8, 4) is 0 Å². The molecule has 2 saturated heterocycles. The lowest BCUT2D eigenvalue weighted by molar-refractivity contribution is -0.201. The highest BCUT2D eigenvalue weighted by Crippen LogP contribution is 2.71. The first-order chi connectivity index (χ1) is 9.82. The van der Waals surface area contributed by atoms with E-state index in [1.807, 2.05) is 0 Å². The number of allylic oxidation sites excluding steroid dienone is 1. The number of rotatable bonds is 1. The van der Waals surface area contributed by atoms with Gasteiger partial charge in [-0.1, -0.05) is 25.5 Å². The lowest BCUT2D eigenvalue weighted by Crippen LogP contribution is -2.61. The van der Waals surface area contributed by atoms with Crippen molar-refractivity contribution in [1.29, 1.82) is 0 Å². The van der Waals surface area contributed by atoms with E-state index < -0.39 is 0 Å². The number of carbonyl (C=O) groups excluding carboxylic acids is 1. The summed E-state index contributed by atoms with van der Waals surface area (Å²) in [4.78, 5) is 11.4. The Bertz CT molecular complexity index is 535.